The van der Waals surface area contributed by atoms with Gasteiger partial charge >= 0.3 is 6.18 Å². The zero-order valence-corrected chi connectivity index (χ0v) is 18.4. The number of carbonyl (C=O) groups is 1. The SMILES string of the molecule is O=C(C1CCS(=O)(=O)CC1)N1CCN(c2nnc(C(F)(F)F)s2)CC1c1ccc(F)cc1. The molecule has 1 aromatic heterocycles. The molecule has 2 saturated heterocycles. The Kier molecular flexibility index (Phi) is 6.14. The highest BCUT2D eigenvalue weighted by molar-refractivity contribution is 7.91. The third-order valence-corrected chi connectivity index (χ3v) is 8.49. The topological polar surface area (TPSA) is 83.5 Å². The van der Waals surface area contributed by atoms with E-state index in [2.05, 4.69) is 10.2 Å². The van der Waals surface area contributed by atoms with Crippen molar-refractivity contribution < 1.29 is 30.8 Å². The van der Waals surface area contributed by atoms with Gasteiger partial charge in [0.1, 0.15) is 15.7 Å². The Labute approximate surface area is 186 Å². The Morgan fingerprint density at radius 1 is 1.06 bits per heavy atom. The maximum Gasteiger partial charge on any atom is 0.445 e. The van der Waals surface area contributed by atoms with Crippen LogP contribution in [0.1, 0.15) is 29.5 Å². The normalized spacial score (nSPS) is 22.2. The molecule has 2 fully saturated rings. The van der Waals surface area contributed by atoms with Gasteiger partial charge in [-0.15, -0.1) is 10.2 Å². The molecule has 1 aromatic carbocycles. The van der Waals surface area contributed by atoms with Gasteiger partial charge in [0.05, 0.1) is 17.5 Å². The van der Waals surface area contributed by atoms with Gasteiger partial charge in [-0.3, -0.25) is 4.79 Å². The summed E-state index contributed by atoms with van der Waals surface area (Å²) in [6.07, 6.45) is -4.11. The number of nitrogens with zero attached hydrogens (tertiary/aromatic N) is 4. The number of halogens is 4. The van der Waals surface area contributed by atoms with E-state index < -0.39 is 38.8 Å². The number of benzene rings is 1. The van der Waals surface area contributed by atoms with Crippen LogP contribution in [0.4, 0.5) is 22.7 Å². The molecule has 0 radical (unpaired) electrons. The second-order valence-corrected chi connectivity index (χ2v) is 11.1. The smallest absolute Gasteiger partial charge is 0.342 e. The molecule has 4 rings (SSSR count). The predicted molar refractivity (Wildman–Crippen MR) is 109 cm³/mol. The van der Waals surface area contributed by atoms with E-state index >= 15 is 0 Å². The van der Waals surface area contributed by atoms with E-state index in [1.54, 1.807) is 9.80 Å². The van der Waals surface area contributed by atoms with E-state index in [4.69, 9.17) is 0 Å². The van der Waals surface area contributed by atoms with Crippen molar-refractivity contribution in [2.24, 2.45) is 5.92 Å². The van der Waals surface area contributed by atoms with Crippen LogP contribution in [-0.2, 0) is 20.8 Å². The first-order valence-corrected chi connectivity index (χ1v) is 12.6. The molecule has 0 bridgehead atoms. The van der Waals surface area contributed by atoms with Gasteiger partial charge in [0.15, 0.2) is 0 Å². The molecular weight excluding hydrogens is 472 g/mol. The lowest BCUT2D eigenvalue weighted by Gasteiger charge is -2.43. The van der Waals surface area contributed by atoms with Crippen LogP contribution in [-0.4, -0.2) is 60.6 Å². The van der Waals surface area contributed by atoms with Crippen LogP contribution in [0.5, 0.6) is 0 Å². The van der Waals surface area contributed by atoms with E-state index in [9.17, 15) is 30.8 Å². The Bertz CT molecular complexity index is 1070. The molecule has 0 saturated carbocycles. The Morgan fingerprint density at radius 3 is 2.31 bits per heavy atom. The minimum atomic E-state index is -4.59. The summed E-state index contributed by atoms with van der Waals surface area (Å²) >= 11 is 0.432. The van der Waals surface area contributed by atoms with E-state index in [0.717, 1.165) is 0 Å². The molecule has 174 valence electrons. The number of amides is 1. The molecule has 3 heterocycles. The van der Waals surface area contributed by atoms with Crippen LogP contribution in [0.2, 0.25) is 0 Å². The lowest BCUT2D eigenvalue weighted by Crippen LogP contribution is -2.53. The van der Waals surface area contributed by atoms with Crippen LogP contribution in [0.25, 0.3) is 0 Å². The predicted octanol–water partition coefficient (Wildman–Crippen LogP) is 2.91. The molecule has 2 aromatic rings. The summed E-state index contributed by atoms with van der Waals surface area (Å²) in [6, 6.07) is 5.05. The zero-order chi connectivity index (χ0) is 23.1. The van der Waals surface area contributed by atoms with Gasteiger partial charge in [-0.2, -0.15) is 13.2 Å². The van der Waals surface area contributed by atoms with Crippen molar-refractivity contribution in [1.82, 2.24) is 15.1 Å². The molecule has 2 aliphatic rings. The minimum absolute atomic E-state index is 0.0460. The summed E-state index contributed by atoms with van der Waals surface area (Å²) < 4.78 is 75.7. The fourth-order valence-electron chi connectivity index (χ4n) is 4.02. The number of hydrogen-bond donors (Lipinski definition) is 0. The van der Waals surface area contributed by atoms with E-state index in [-0.39, 0.29) is 55.0 Å². The second kappa shape index (κ2) is 8.58. The van der Waals surface area contributed by atoms with Crippen molar-refractivity contribution in [2.75, 3.05) is 36.0 Å². The van der Waals surface area contributed by atoms with Crippen LogP contribution < -0.4 is 4.90 Å². The molecule has 2 aliphatic heterocycles. The van der Waals surface area contributed by atoms with E-state index in [0.29, 0.717) is 16.9 Å². The van der Waals surface area contributed by atoms with Gasteiger partial charge < -0.3 is 9.80 Å². The number of sulfone groups is 1. The third kappa shape index (κ3) is 4.87. The number of rotatable bonds is 3. The number of hydrogen-bond acceptors (Lipinski definition) is 7. The number of piperazine rings is 1. The van der Waals surface area contributed by atoms with Crippen molar-refractivity contribution in [3.63, 3.8) is 0 Å². The number of aromatic nitrogens is 2. The first-order chi connectivity index (χ1) is 15.0. The molecule has 1 amide bonds. The molecule has 13 heteroatoms. The molecule has 1 unspecified atom stereocenters. The van der Waals surface area contributed by atoms with E-state index in [1.165, 1.54) is 24.3 Å². The molecule has 0 aliphatic carbocycles. The summed E-state index contributed by atoms with van der Waals surface area (Å²) in [6.45, 7) is 0.626. The average Bonchev–Trinajstić information content (AvgIpc) is 3.24. The van der Waals surface area contributed by atoms with Crippen LogP contribution in [0.15, 0.2) is 24.3 Å². The van der Waals surface area contributed by atoms with Crippen molar-refractivity contribution in [3.8, 4) is 0 Å². The largest absolute Gasteiger partial charge is 0.445 e. The van der Waals surface area contributed by atoms with Crippen molar-refractivity contribution in [3.05, 3.63) is 40.7 Å². The third-order valence-electron chi connectivity index (χ3n) is 5.75. The Hall–Kier alpha value is -2.28. The van der Waals surface area contributed by atoms with Crippen molar-refractivity contribution in [2.45, 2.75) is 25.1 Å². The highest BCUT2D eigenvalue weighted by atomic mass is 32.2. The Morgan fingerprint density at radius 2 is 1.72 bits per heavy atom. The summed E-state index contributed by atoms with van der Waals surface area (Å²) in [5.41, 5.74) is 0.633. The quantitative estimate of drug-likeness (QED) is 0.613. The summed E-state index contributed by atoms with van der Waals surface area (Å²) in [5, 5.41) is 5.95. The summed E-state index contributed by atoms with van der Waals surface area (Å²) in [7, 11) is -3.13. The van der Waals surface area contributed by atoms with E-state index in [1.807, 2.05) is 0 Å². The highest BCUT2D eigenvalue weighted by Gasteiger charge is 2.40. The van der Waals surface area contributed by atoms with Crippen molar-refractivity contribution >= 4 is 32.2 Å². The number of carbonyl (C=O) groups excluding carboxylic acids is 1. The van der Waals surface area contributed by atoms with Gasteiger partial charge in [0.2, 0.25) is 16.0 Å². The van der Waals surface area contributed by atoms with Gasteiger partial charge in [-0.1, -0.05) is 23.5 Å². The van der Waals surface area contributed by atoms with Gasteiger partial charge in [-0.25, -0.2) is 12.8 Å². The molecular formula is C19H20F4N4O3S2. The second-order valence-electron chi connectivity index (χ2n) is 7.86. The van der Waals surface area contributed by atoms with Crippen molar-refractivity contribution in [1.29, 1.82) is 0 Å². The number of anilines is 1. The van der Waals surface area contributed by atoms with Crippen LogP contribution >= 0.6 is 11.3 Å². The summed E-state index contributed by atoms with van der Waals surface area (Å²) in [5.74, 6) is -1.17. The molecule has 1 atom stereocenters. The average molecular weight is 493 g/mol. The molecule has 7 nitrogen and oxygen atoms in total. The minimum Gasteiger partial charge on any atom is -0.342 e. The molecule has 32 heavy (non-hydrogen) atoms. The van der Waals surface area contributed by atoms with Crippen LogP contribution in [0, 0.1) is 11.7 Å². The molecule has 0 N–H and O–H groups in total. The maximum absolute atomic E-state index is 13.5. The van der Waals surface area contributed by atoms with Gasteiger partial charge in [0, 0.05) is 25.6 Å². The van der Waals surface area contributed by atoms with Crippen LogP contribution in [0.3, 0.4) is 0 Å². The lowest BCUT2D eigenvalue weighted by molar-refractivity contribution is -0.139. The fraction of sp³-hybridized carbons (Fsp3) is 0.526. The van der Waals surface area contributed by atoms with Gasteiger partial charge in [0.25, 0.3) is 0 Å². The lowest BCUT2D eigenvalue weighted by atomic mass is 9.96. The first kappa shape index (κ1) is 22.9. The molecule has 0 spiro atoms. The highest BCUT2D eigenvalue weighted by Crippen LogP contribution is 2.37. The number of alkyl halides is 3. The fourth-order valence-corrected chi connectivity index (χ4v) is 6.26. The maximum atomic E-state index is 13.5. The summed E-state index contributed by atoms with van der Waals surface area (Å²) in [4.78, 5) is 16.5. The monoisotopic (exact) mass is 492 g/mol. The van der Waals surface area contributed by atoms with Gasteiger partial charge in [-0.05, 0) is 30.5 Å². The Balaban J connectivity index is 1.58. The first-order valence-electron chi connectivity index (χ1n) is 9.95. The zero-order valence-electron chi connectivity index (χ0n) is 16.8. The standard InChI is InChI=1S/C19H20F4N4O3S2/c20-14-3-1-12(2-4-14)15-11-26(18-25-24-17(31-18)19(21,22)23)7-8-27(15)16(28)13-5-9-32(29,30)10-6-13/h1-4,13,15H,5-11H2.